The second kappa shape index (κ2) is 14.4. The molecule has 0 aliphatic heterocycles. The van der Waals surface area contributed by atoms with Crippen LogP contribution in [0.2, 0.25) is 0 Å². The first-order valence-electron chi connectivity index (χ1n) is 9.16. The molecule has 0 aliphatic carbocycles. The van der Waals surface area contributed by atoms with Gasteiger partial charge in [-0.05, 0) is 11.8 Å². The van der Waals surface area contributed by atoms with Crippen molar-refractivity contribution in [2.24, 2.45) is 11.8 Å². The van der Waals surface area contributed by atoms with Crippen molar-refractivity contribution in [2.45, 2.75) is 111 Å². The highest BCUT2D eigenvalue weighted by atomic mass is 14.1. The molecule has 0 nitrogen and oxygen atoms in total. The Hall–Kier alpha value is 0. The lowest BCUT2D eigenvalue weighted by molar-refractivity contribution is 0.409. The van der Waals surface area contributed by atoms with Crippen molar-refractivity contribution >= 4 is 0 Å². The maximum atomic E-state index is 2.44. The summed E-state index contributed by atoms with van der Waals surface area (Å²) in [4.78, 5) is 0. The summed E-state index contributed by atoms with van der Waals surface area (Å²) in [5.74, 6) is 1.84. The fourth-order valence-corrected chi connectivity index (χ4v) is 2.74. The molecule has 0 aromatic rings. The minimum Gasteiger partial charge on any atom is -0.0654 e. The van der Waals surface area contributed by atoms with Crippen LogP contribution in [-0.4, -0.2) is 0 Å². The summed E-state index contributed by atoms with van der Waals surface area (Å²) < 4.78 is 0. The Bertz CT molecular complexity index is 159. The third kappa shape index (κ3) is 15.9. The molecule has 0 radical (unpaired) electrons. The van der Waals surface area contributed by atoms with Crippen LogP contribution in [0.15, 0.2) is 0 Å². The maximum absolute atomic E-state index is 2.44. The van der Waals surface area contributed by atoms with Gasteiger partial charge in [0, 0.05) is 0 Å². The van der Waals surface area contributed by atoms with Crippen LogP contribution >= 0.6 is 0 Å². The molecule has 0 spiro atoms. The summed E-state index contributed by atoms with van der Waals surface area (Å²) in [5.41, 5.74) is 0. The normalized spacial score (nSPS) is 13.1. The van der Waals surface area contributed by atoms with Gasteiger partial charge in [-0.3, -0.25) is 0 Å². The summed E-state index contributed by atoms with van der Waals surface area (Å²) in [6, 6.07) is 0. The lowest BCUT2D eigenvalue weighted by Crippen LogP contribution is -1.98. The fourth-order valence-electron chi connectivity index (χ4n) is 2.74. The summed E-state index contributed by atoms with van der Waals surface area (Å²) in [6.45, 7) is 9.42. The summed E-state index contributed by atoms with van der Waals surface area (Å²) >= 11 is 0. The van der Waals surface area contributed by atoms with Crippen molar-refractivity contribution in [2.75, 3.05) is 0 Å². The van der Waals surface area contributed by atoms with E-state index in [1.165, 1.54) is 83.5 Å². The van der Waals surface area contributed by atoms with Gasteiger partial charge < -0.3 is 0 Å². The molecule has 0 aliphatic rings. The van der Waals surface area contributed by atoms with Gasteiger partial charge >= 0.3 is 0 Å². The van der Waals surface area contributed by atoms with Gasteiger partial charge in [0.1, 0.15) is 0 Å². The predicted octanol–water partition coefficient (Wildman–Crippen LogP) is 7.37. The highest BCUT2D eigenvalue weighted by molar-refractivity contribution is 4.56. The number of hydrogen-bond donors (Lipinski definition) is 0. The first-order chi connectivity index (χ1) is 9.16. The molecule has 0 aromatic carbocycles. The van der Waals surface area contributed by atoms with Crippen molar-refractivity contribution in [1.82, 2.24) is 0 Å². The maximum Gasteiger partial charge on any atom is -0.0443 e. The van der Waals surface area contributed by atoms with Crippen LogP contribution < -0.4 is 0 Å². The van der Waals surface area contributed by atoms with Crippen molar-refractivity contribution in [1.29, 1.82) is 0 Å². The third-order valence-corrected chi connectivity index (χ3v) is 4.29. The minimum atomic E-state index is 0.884. The van der Waals surface area contributed by atoms with Crippen LogP contribution in [0.25, 0.3) is 0 Å². The molecule has 0 N–H and O–H groups in total. The van der Waals surface area contributed by atoms with E-state index < -0.39 is 0 Å². The first-order valence-corrected chi connectivity index (χ1v) is 9.16. The van der Waals surface area contributed by atoms with Gasteiger partial charge in [-0.15, -0.1) is 0 Å². The van der Waals surface area contributed by atoms with Gasteiger partial charge in [-0.2, -0.15) is 0 Å². The Morgan fingerprint density at radius 3 is 1.47 bits per heavy atom. The highest BCUT2D eigenvalue weighted by Crippen LogP contribution is 2.18. The third-order valence-electron chi connectivity index (χ3n) is 4.29. The van der Waals surface area contributed by atoms with Crippen molar-refractivity contribution in [3.63, 3.8) is 0 Å². The van der Waals surface area contributed by atoms with E-state index in [1.54, 1.807) is 0 Å². The zero-order chi connectivity index (χ0) is 14.3. The van der Waals surface area contributed by atoms with Crippen LogP contribution in [0.4, 0.5) is 0 Å². The second-order valence-electron chi connectivity index (χ2n) is 7.05. The topological polar surface area (TPSA) is 0 Å². The van der Waals surface area contributed by atoms with E-state index >= 15 is 0 Å². The molecule has 0 bridgehead atoms. The lowest BCUT2D eigenvalue weighted by Gasteiger charge is -2.12. The van der Waals surface area contributed by atoms with E-state index in [0.717, 1.165) is 11.8 Å². The fraction of sp³-hybridized carbons (Fsp3) is 1.00. The van der Waals surface area contributed by atoms with Crippen molar-refractivity contribution in [3.8, 4) is 0 Å². The SMILES string of the molecule is CCCCCCCCCCCCC(C)CCC(C)C. The Morgan fingerprint density at radius 1 is 0.526 bits per heavy atom. The molecule has 116 valence electrons. The molecule has 1 atom stereocenters. The van der Waals surface area contributed by atoms with Gasteiger partial charge in [-0.1, -0.05) is 111 Å². The molecule has 0 saturated carbocycles. The molecular weight excluding hydrogens is 228 g/mol. The average Bonchev–Trinajstić information content (AvgIpc) is 2.38. The van der Waals surface area contributed by atoms with Crippen LogP contribution in [0, 0.1) is 11.8 Å². The molecule has 0 heterocycles. The van der Waals surface area contributed by atoms with Gasteiger partial charge in [0.2, 0.25) is 0 Å². The van der Waals surface area contributed by atoms with Crippen LogP contribution in [0.5, 0.6) is 0 Å². The molecule has 0 rings (SSSR count). The smallest absolute Gasteiger partial charge is 0.0443 e. The highest BCUT2D eigenvalue weighted by Gasteiger charge is 2.03. The van der Waals surface area contributed by atoms with Gasteiger partial charge in [0.05, 0.1) is 0 Å². The van der Waals surface area contributed by atoms with Crippen molar-refractivity contribution in [3.05, 3.63) is 0 Å². The Kier molecular flexibility index (Phi) is 14.4. The van der Waals surface area contributed by atoms with Gasteiger partial charge in [-0.25, -0.2) is 0 Å². The standard InChI is InChI=1S/C19H40/c1-5-6-7-8-9-10-11-12-13-14-15-19(4)17-16-18(2)3/h18-19H,5-17H2,1-4H3. The van der Waals surface area contributed by atoms with Crippen LogP contribution in [-0.2, 0) is 0 Å². The first kappa shape index (κ1) is 19.0. The molecule has 0 heteroatoms. The molecule has 19 heavy (non-hydrogen) atoms. The summed E-state index contributed by atoms with van der Waals surface area (Å²) in [6.07, 6.45) is 18.9. The molecule has 0 fully saturated rings. The molecule has 0 aromatic heterocycles. The zero-order valence-electron chi connectivity index (χ0n) is 14.3. The second-order valence-corrected chi connectivity index (χ2v) is 7.05. The molecule has 0 saturated heterocycles. The lowest BCUT2D eigenvalue weighted by atomic mass is 9.94. The van der Waals surface area contributed by atoms with E-state index in [1.807, 2.05) is 0 Å². The van der Waals surface area contributed by atoms with Gasteiger partial charge in [0.15, 0.2) is 0 Å². The quantitative estimate of drug-likeness (QED) is 0.288. The summed E-state index contributed by atoms with van der Waals surface area (Å²) in [5, 5.41) is 0. The minimum absolute atomic E-state index is 0.884. The Morgan fingerprint density at radius 2 is 1.00 bits per heavy atom. The van der Waals surface area contributed by atoms with Gasteiger partial charge in [0.25, 0.3) is 0 Å². The number of rotatable bonds is 14. The average molecular weight is 269 g/mol. The van der Waals surface area contributed by atoms with Crippen molar-refractivity contribution < 1.29 is 0 Å². The molecule has 0 amide bonds. The predicted molar refractivity (Wildman–Crippen MR) is 89.7 cm³/mol. The number of unbranched alkanes of at least 4 members (excludes halogenated alkanes) is 9. The van der Waals surface area contributed by atoms with Crippen LogP contribution in [0.3, 0.4) is 0 Å². The van der Waals surface area contributed by atoms with E-state index in [-0.39, 0.29) is 0 Å². The monoisotopic (exact) mass is 268 g/mol. The summed E-state index contributed by atoms with van der Waals surface area (Å²) in [7, 11) is 0. The van der Waals surface area contributed by atoms with E-state index in [0.29, 0.717) is 0 Å². The Balaban J connectivity index is 3.09. The molecule has 1 unspecified atom stereocenters. The van der Waals surface area contributed by atoms with E-state index in [9.17, 15) is 0 Å². The largest absolute Gasteiger partial charge is 0.0654 e. The van der Waals surface area contributed by atoms with E-state index in [2.05, 4.69) is 27.7 Å². The molecular formula is C19H40. The number of hydrogen-bond acceptors (Lipinski definition) is 0. The zero-order valence-corrected chi connectivity index (χ0v) is 14.3. The van der Waals surface area contributed by atoms with E-state index in [4.69, 9.17) is 0 Å². The Labute approximate surface area is 123 Å². The van der Waals surface area contributed by atoms with Crippen LogP contribution in [0.1, 0.15) is 111 Å².